The van der Waals surface area contributed by atoms with Crippen molar-refractivity contribution in [2.75, 3.05) is 11.7 Å². The Labute approximate surface area is 112 Å². The number of halogens is 1. The third-order valence-electron chi connectivity index (χ3n) is 3.00. The Morgan fingerprint density at radius 2 is 2.12 bits per heavy atom. The molecule has 0 N–H and O–H groups in total. The number of para-hydroxylation sites is 1. The zero-order valence-corrected chi connectivity index (χ0v) is 10.9. The van der Waals surface area contributed by atoms with Gasteiger partial charge in [-0.2, -0.15) is 0 Å². The van der Waals surface area contributed by atoms with E-state index >= 15 is 0 Å². The number of nitrogens with zero attached hydrogens (tertiary/aromatic N) is 5. The molecule has 0 aliphatic carbocycles. The molecule has 0 saturated heterocycles. The number of aliphatic imine (C=N–C) groups is 1. The van der Waals surface area contributed by atoms with Crippen LogP contribution in [0.15, 0.2) is 41.8 Å². The summed E-state index contributed by atoms with van der Waals surface area (Å²) in [7, 11) is 0. The van der Waals surface area contributed by atoms with Crippen LogP contribution in [0.4, 0.5) is 5.82 Å². The van der Waals surface area contributed by atoms with Crippen LogP contribution in [0.3, 0.4) is 0 Å². The molecule has 2 aliphatic rings. The Bertz CT molecular complexity index is 632. The third kappa shape index (κ3) is 1.16. The van der Waals surface area contributed by atoms with Crippen molar-refractivity contribution in [3.8, 4) is 5.69 Å². The van der Waals surface area contributed by atoms with Crippen LogP contribution >= 0.6 is 22.9 Å². The highest BCUT2D eigenvalue weighted by molar-refractivity contribution is 14.1. The topological polar surface area (TPSA) is 36.7 Å². The molecule has 3 heterocycles. The summed E-state index contributed by atoms with van der Waals surface area (Å²) in [6.45, 7) is 0.676. The number of hydrogen-bond acceptors (Lipinski definition) is 4. The summed E-state index contributed by atoms with van der Waals surface area (Å²) in [5.74, 6) is 2.04. The fraction of sp³-hybridized carbons (Fsp3) is 0.0909. The van der Waals surface area contributed by atoms with Crippen LogP contribution in [-0.2, 0) is 0 Å². The van der Waals surface area contributed by atoms with Crippen LogP contribution in [0.1, 0.15) is 5.56 Å². The van der Waals surface area contributed by atoms with Crippen LogP contribution in [0, 0.1) is 0 Å². The predicted octanol–water partition coefficient (Wildman–Crippen LogP) is 1.98. The number of anilines is 1. The van der Waals surface area contributed by atoms with Gasteiger partial charge in [0.05, 0.1) is 11.9 Å². The van der Waals surface area contributed by atoms with E-state index in [0.717, 1.165) is 22.9 Å². The van der Waals surface area contributed by atoms with E-state index in [1.54, 1.807) is 0 Å². The number of hydrazine groups is 1. The molecule has 0 amide bonds. The summed E-state index contributed by atoms with van der Waals surface area (Å²) < 4.78 is 4.14. The first-order chi connectivity index (χ1) is 8.36. The first-order valence-electron chi connectivity index (χ1n) is 5.26. The molecular formula is C11H8IN5. The summed E-state index contributed by atoms with van der Waals surface area (Å²) in [5, 5.41) is 2.09. The third-order valence-corrected chi connectivity index (χ3v) is 3.73. The molecule has 2 aliphatic heterocycles. The highest BCUT2D eigenvalue weighted by Crippen LogP contribution is 2.34. The van der Waals surface area contributed by atoms with Gasteiger partial charge in [0, 0.05) is 28.4 Å². The highest BCUT2D eigenvalue weighted by atomic mass is 127. The molecule has 1 aromatic carbocycles. The molecule has 0 spiro atoms. The van der Waals surface area contributed by atoms with Gasteiger partial charge in [0.1, 0.15) is 13.0 Å². The molecular weight excluding hydrogens is 329 g/mol. The van der Waals surface area contributed by atoms with E-state index in [1.807, 2.05) is 24.7 Å². The normalized spacial score (nSPS) is 17.5. The van der Waals surface area contributed by atoms with E-state index in [0.29, 0.717) is 6.67 Å². The highest BCUT2D eigenvalue weighted by Gasteiger charge is 2.34. The van der Waals surface area contributed by atoms with Gasteiger partial charge in [-0.15, -0.1) is 3.22 Å². The molecule has 0 saturated carbocycles. The Balaban J connectivity index is 2.07. The van der Waals surface area contributed by atoms with Crippen LogP contribution in [0.5, 0.6) is 0 Å². The second kappa shape index (κ2) is 3.30. The van der Waals surface area contributed by atoms with Gasteiger partial charge in [-0.3, -0.25) is 4.57 Å². The summed E-state index contributed by atoms with van der Waals surface area (Å²) in [6, 6.07) is 8.27. The van der Waals surface area contributed by atoms with Gasteiger partial charge in [0.25, 0.3) is 0 Å². The molecule has 6 heteroatoms. The van der Waals surface area contributed by atoms with Gasteiger partial charge in [-0.05, 0) is 12.1 Å². The van der Waals surface area contributed by atoms with E-state index in [1.165, 1.54) is 0 Å². The number of fused-ring (bicyclic) bond motifs is 6. The lowest BCUT2D eigenvalue weighted by Gasteiger charge is -2.31. The largest absolute Gasteiger partial charge is 0.283 e. The minimum Gasteiger partial charge on any atom is -0.283 e. The number of benzene rings is 1. The second-order valence-corrected chi connectivity index (χ2v) is 5.02. The first kappa shape index (κ1) is 9.60. The van der Waals surface area contributed by atoms with Crippen molar-refractivity contribution in [2.24, 2.45) is 4.99 Å². The fourth-order valence-electron chi connectivity index (χ4n) is 2.28. The number of aromatic nitrogens is 2. The maximum Gasteiger partial charge on any atom is 0.156 e. The van der Waals surface area contributed by atoms with Gasteiger partial charge in [0.15, 0.2) is 11.7 Å². The van der Waals surface area contributed by atoms with Gasteiger partial charge in [0.2, 0.25) is 0 Å². The molecule has 0 fully saturated rings. The van der Waals surface area contributed by atoms with Crippen molar-refractivity contribution >= 4 is 34.5 Å². The maximum absolute atomic E-state index is 4.58. The van der Waals surface area contributed by atoms with Gasteiger partial charge < -0.3 is 0 Å². The lowest BCUT2D eigenvalue weighted by Crippen LogP contribution is -2.40. The summed E-state index contributed by atoms with van der Waals surface area (Å²) in [5.41, 5.74) is 2.29. The number of amidine groups is 1. The van der Waals surface area contributed by atoms with E-state index in [-0.39, 0.29) is 0 Å². The van der Waals surface area contributed by atoms with Crippen molar-refractivity contribution in [3.05, 3.63) is 42.4 Å². The zero-order chi connectivity index (χ0) is 11.4. The van der Waals surface area contributed by atoms with Crippen molar-refractivity contribution in [1.29, 1.82) is 0 Å². The van der Waals surface area contributed by atoms with Crippen LogP contribution in [0.25, 0.3) is 5.69 Å². The Morgan fingerprint density at radius 3 is 3.06 bits per heavy atom. The molecule has 0 bridgehead atoms. The molecule has 0 unspecified atom stereocenters. The Morgan fingerprint density at radius 1 is 1.24 bits per heavy atom. The lowest BCUT2D eigenvalue weighted by molar-refractivity contribution is 0.580. The molecule has 84 valence electrons. The lowest BCUT2D eigenvalue weighted by atomic mass is 10.1. The van der Waals surface area contributed by atoms with E-state index in [4.69, 9.17) is 0 Å². The van der Waals surface area contributed by atoms with Crippen molar-refractivity contribution in [1.82, 2.24) is 12.8 Å². The Hall–Kier alpha value is -1.41. The molecule has 17 heavy (non-hydrogen) atoms. The van der Waals surface area contributed by atoms with Crippen LogP contribution in [0.2, 0.25) is 0 Å². The second-order valence-electron chi connectivity index (χ2n) is 3.91. The average molecular weight is 337 g/mol. The minimum absolute atomic E-state index is 0.676. The molecule has 1 aromatic heterocycles. The number of hydrogen-bond donors (Lipinski definition) is 0. The zero-order valence-electron chi connectivity index (χ0n) is 8.79. The van der Waals surface area contributed by atoms with E-state index < -0.39 is 0 Å². The number of imidazole rings is 1. The van der Waals surface area contributed by atoms with Crippen LogP contribution in [-0.4, -0.2) is 25.3 Å². The predicted molar refractivity (Wildman–Crippen MR) is 73.3 cm³/mol. The SMILES string of the molecule is IN1CN=C2c3ccccc3-n3cncc3N21. The summed E-state index contributed by atoms with van der Waals surface area (Å²) in [4.78, 5) is 8.81. The molecule has 4 rings (SSSR count). The fourth-order valence-corrected chi connectivity index (χ4v) is 2.86. The Kier molecular flexibility index (Phi) is 1.86. The molecule has 2 aromatic rings. The average Bonchev–Trinajstić information content (AvgIpc) is 2.96. The summed E-state index contributed by atoms with van der Waals surface area (Å²) >= 11 is 2.26. The first-order valence-corrected chi connectivity index (χ1v) is 6.23. The standard InChI is InChI=1S/C11H8IN5/c12-16-7-14-11-8-3-1-2-4-9(8)15-6-13-5-10(15)17(11)16/h1-6H,7H2. The minimum atomic E-state index is 0.676. The smallest absolute Gasteiger partial charge is 0.156 e. The van der Waals surface area contributed by atoms with Gasteiger partial charge in [-0.1, -0.05) is 12.1 Å². The van der Waals surface area contributed by atoms with Crippen molar-refractivity contribution < 1.29 is 0 Å². The van der Waals surface area contributed by atoms with E-state index in [2.05, 4.69) is 57.8 Å². The maximum atomic E-state index is 4.58. The quantitative estimate of drug-likeness (QED) is 0.545. The monoisotopic (exact) mass is 337 g/mol. The molecule has 0 radical (unpaired) electrons. The molecule has 5 nitrogen and oxygen atoms in total. The van der Waals surface area contributed by atoms with Gasteiger partial charge in [-0.25, -0.2) is 15.0 Å². The number of rotatable bonds is 0. The van der Waals surface area contributed by atoms with E-state index in [9.17, 15) is 0 Å². The van der Waals surface area contributed by atoms with Crippen LogP contribution < -0.4 is 5.01 Å². The van der Waals surface area contributed by atoms with Crippen molar-refractivity contribution in [3.63, 3.8) is 0 Å². The van der Waals surface area contributed by atoms with Gasteiger partial charge >= 0.3 is 0 Å². The molecule has 0 atom stereocenters. The van der Waals surface area contributed by atoms with Crippen molar-refractivity contribution in [2.45, 2.75) is 0 Å². The summed E-state index contributed by atoms with van der Waals surface area (Å²) in [6.07, 6.45) is 3.70.